The van der Waals surface area contributed by atoms with E-state index in [0.29, 0.717) is 37.3 Å². The summed E-state index contributed by atoms with van der Waals surface area (Å²) in [6, 6.07) is 15.0. The van der Waals surface area contributed by atoms with Crippen molar-refractivity contribution in [2.45, 2.75) is 27.2 Å². The minimum Gasteiger partial charge on any atom is -0.339 e. The monoisotopic (exact) mass is 436 g/mol. The molecule has 2 aromatic carbocycles. The first-order chi connectivity index (χ1) is 15.0. The normalized spacial score (nSPS) is 10.5. The van der Waals surface area contributed by atoms with Crippen LogP contribution in [0.2, 0.25) is 0 Å². The number of hydrogen-bond acceptors (Lipinski definition) is 4. The largest absolute Gasteiger partial charge is 0.339 e. The van der Waals surface area contributed by atoms with Gasteiger partial charge in [0.05, 0.1) is 5.69 Å². The number of aromatic nitrogens is 1. The fourth-order valence-corrected chi connectivity index (χ4v) is 3.98. The molecular formula is C24H28N4O2S. The molecular weight excluding hydrogens is 408 g/mol. The van der Waals surface area contributed by atoms with Gasteiger partial charge in [0.2, 0.25) is 0 Å². The molecule has 0 aliphatic rings. The van der Waals surface area contributed by atoms with Crippen LogP contribution in [0.4, 0.5) is 10.5 Å². The van der Waals surface area contributed by atoms with Gasteiger partial charge in [0.15, 0.2) is 0 Å². The summed E-state index contributed by atoms with van der Waals surface area (Å²) < 4.78 is 0. The molecule has 0 aliphatic heterocycles. The van der Waals surface area contributed by atoms with Crippen molar-refractivity contribution in [1.82, 2.24) is 15.2 Å². The van der Waals surface area contributed by atoms with Gasteiger partial charge in [-0.25, -0.2) is 9.78 Å². The third kappa shape index (κ3) is 6.15. The smallest absolute Gasteiger partial charge is 0.319 e. The van der Waals surface area contributed by atoms with Crippen molar-refractivity contribution in [3.63, 3.8) is 0 Å². The van der Waals surface area contributed by atoms with Gasteiger partial charge in [0.25, 0.3) is 5.91 Å². The van der Waals surface area contributed by atoms with Crippen molar-refractivity contribution in [3.8, 4) is 10.6 Å². The van der Waals surface area contributed by atoms with Gasteiger partial charge in [-0.15, -0.1) is 11.3 Å². The van der Waals surface area contributed by atoms with Crippen LogP contribution in [0.3, 0.4) is 0 Å². The lowest BCUT2D eigenvalue weighted by atomic mass is 10.2. The number of benzene rings is 2. The molecule has 0 aliphatic carbocycles. The summed E-state index contributed by atoms with van der Waals surface area (Å²) in [4.78, 5) is 30.9. The molecule has 0 atom stereocenters. The summed E-state index contributed by atoms with van der Waals surface area (Å²) in [6.45, 7) is 7.80. The lowest BCUT2D eigenvalue weighted by Crippen LogP contribution is -2.31. The number of carbonyl (C=O) groups excluding carboxylic acids is 2. The van der Waals surface area contributed by atoms with Gasteiger partial charge in [-0.1, -0.05) is 29.8 Å². The zero-order valence-electron chi connectivity index (χ0n) is 18.1. The van der Waals surface area contributed by atoms with Crippen molar-refractivity contribution in [2.75, 3.05) is 25.0 Å². The predicted octanol–water partition coefficient (Wildman–Crippen LogP) is 4.96. The molecule has 1 aromatic heterocycles. The van der Waals surface area contributed by atoms with E-state index in [1.807, 2.05) is 19.2 Å². The van der Waals surface area contributed by atoms with Gasteiger partial charge in [0.1, 0.15) is 5.01 Å². The number of thiazole rings is 1. The molecule has 0 bridgehead atoms. The highest BCUT2D eigenvalue weighted by Gasteiger charge is 2.12. The lowest BCUT2D eigenvalue weighted by molar-refractivity contribution is 0.0773. The van der Waals surface area contributed by atoms with Gasteiger partial charge in [0, 0.05) is 48.2 Å². The number of urea groups is 1. The molecule has 7 heteroatoms. The summed E-state index contributed by atoms with van der Waals surface area (Å²) in [5, 5.41) is 8.66. The van der Waals surface area contributed by atoms with Crippen LogP contribution in [-0.2, 0) is 6.42 Å². The summed E-state index contributed by atoms with van der Waals surface area (Å²) in [7, 11) is 0. The van der Waals surface area contributed by atoms with Gasteiger partial charge < -0.3 is 15.5 Å². The first-order valence-corrected chi connectivity index (χ1v) is 11.3. The average Bonchev–Trinajstić information content (AvgIpc) is 3.24. The van der Waals surface area contributed by atoms with Crippen LogP contribution in [0.15, 0.2) is 53.9 Å². The molecule has 3 amide bonds. The quantitative estimate of drug-likeness (QED) is 0.524. The van der Waals surface area contributed by atoms with Crippen LogP contribution in [-0.4, -0.2) is 41.5 Å². The van der Waals surface area contributed by atoms with Crippen LogP contribution in [0.5, 0.6) is 0 Å². The SMILES string of the molecule is CCN(CC)C(=O)c1ccc(NC(=O)NCCc2csc(-c3ccc(C)cc3)n2)cc1. The zero-order chi connectivity index (χ0) is 22.2. The second-order valence-electron chi connectivity index (χ2n) is 7.20. The second-order valence-corrected chi connectivity index (χ2v) is 8.05. The summed E-state index contributed by atoms with van der Waals surface area (Å²) in [5.41, 5.74) is 4.54. The topological polar surface area (TPSA) is 74.3 Å². The number of nitrogens with one attached hydrogen (secondary N) is 2. The van der Waals surface area contributed by atoms with Crippen molar-refractivity contribution < 1.29 is 9.59 Å². The number of aryl methyl sites for hydroxylation is 1. The molecule has 2 N–H and O–H groups in total. The van der Waals surface area contributed by atoms with Crippen LogP contribution in [0.1, 0.15) is 35.5 Å². The maximum atomic E-state index is 12.3. The lowest BCUT2D eigenvalue weighted by Gasteiger charge is -2.18. The van der Waals surface area contributed by atoms with Crippen LogP contribution in [0, 0.1) is 6.92 Å². The third-order valence-corrected chi connectivity index (χ3v) is 5.90. The van der Waals surface area contributed by atoms with E-state index in [4.69, 9.17) is 0 Å². The van der Waals surface area contributed by atoms with E-state index in [1.165, 1.54) is 5.56 Å². The number of anilines is 1. The Morgan fingerprint density at radius 2 is 1.68 bits per heavy atom. The number of amides is 3. The zero-order valence-corrected chi connectivity index (χ0v) is 19.0. The van der Waals surface area contributed by atoms with Crippen LogP contribution in [0.25, 0.3) is 10.6 Å². The molecule has 0 fully saturated rings. The first-order valence-electron chi connectivity index (χ1n) is 10.5. The Hall–Kier alpha value is -3.19. The molecule has 3 aromatic rings. The van der Waals surface area contributed by atoms with E-state index in [2.05, 4.69) is 46.8 Å². The van der Waals surface area contributed by atoms with Crippen molar-refractivity contribution >= 4 is 29.0 Å². The summed E-state index contributed by atoms with van der Waals surface area (Å²) in [5.74, 6) is -0.00530. The first kappa shape index (κ1) is 22.5. The second kappa shape index (κ2) is 10.7. The Morgan fingerprint density at radius 3 is 2.32 bits per heavy atom. The fraction of sp³-hybridized carbons (Fsp3) is 0.292. The highest BCUT2D eigenvalue weighted by atomic mass is 32.1. The molecule has 0 saturated carbocycles. The summed E-state index contributed by atoms with van der Waals surface area (Å²) in [6.07, 6.45) is 0.660. The molecule has 1 heterocycles. The molecule has 0 radical (unpaired) electrons. The fourth-order valence-electron chi connectivity index (χ4n) is 3.12. The van der Waals surface area contributed by atoms with E-state index >= 15 is 0 Å². The van der Waals surface area contributed by atoms with E-state index in [9.17, 15) is 9.59 Å². The van der Waals surface area contributed by atoms with Crippen molar-refractivity contribution in [2.24, 2.45) is 0 Å². The highest BCUT2D eigenvalue weighted by Crippen LogP contribution is 2.24. The average molecular weight is 437 g/mol. The van der Waals surface area contributed by atoms with Crippen LogP contribution < -0.4 is 10.6 Å². The standard InChI is InChI=1S/C24H28N4O2S/c1-4-28(5-2)23(29)19-10-12-20(13-11-19)27-24(30)25-15-14-21-16-31-22(26-21)18-8-6-17(3)7-9-18/h6-13,16H,4-5,14-15H2,1-3H3,(H2,25,27,30). The Labute approximate surface area is 187 Å². The molecule has 31 heavy (non-hydrogen) atoms. The van der Waals surface area contributed by atoms with E-state index in [-0.39, 0.29) is 11.9 Å². The van der Waals surface area contributed by atoms with Gasteiger partial charge in [-0.2, -0.15) is 0 Å². The molecule has 162 valence electrons. The minimum absolute atomic E-state index is 0.00530. The Bertz CT molecular complexity index is 1010. The van der Waals surface area contributed by atoms with Crippen molar-refractivity contribution in [1.29, 1.82) is 0 Å². The predicted molar refractivity (Wildman–Crippen MR) is 127 cm³/mol. The number of hydrogen-bond donors (Lipinski definition) is 2. The van der Waals surface area contributed by atoms with E-state index in [1.54, 1.807) is 40.5 Å². The number of nitrogens with zero attached hydrogens (tertiary/aromatic N) is 2. The van der Waals surface area contributed by atoms with Crippen LogP contribution >= 0.6 is 11.3 Å². The highest BCUT2D eigenvalue weighted by molar-refractivity contribution is 7.13. The summed E-state index contributed by atoms with van der Waals surface area (Å²) >= 11 is 1.61. The third-order valence-electron chi connectivity index (χ3n) is 4.96. The molecule has 0 unspecified atom stereocenters. The van der Waals surface area contributed by atoms with E-state index in [0.717, 1.165) is 16.3 Å². The van der Waals surface area contributed by atoms with Gasteiger partial charge in [-0.05, 0) is 45.0 Å². The maximum absolute atomic E-state index is 12.3. The Kier molecular flexibility index (Phi) is 7.78. The molecule has 3 rings (SSSR count). The maximum Gasteiger partial charge on any atom is 0.319 e. The molecule has 0 saturated heterocycles. The van der Waals surface area contributed by atoms with Gasteiger partial charge >= 0.3 is 6.03 Å². The Balaban J connectivity index is 1.46. The number of rotatable bonds is 8. The van der Waals surface area contributed by atoms with Crippen molar-refractivity contribution in [3.05, 3.63) is 70.7 Å². The molecule has 6 nitrogen and oxygen atoms in total. The Morgan fingerprint density at radius 1 is 1.00 bits per heavy atom. The van der Waals surface area contributed by atoms with Gasteiger partial charge in [-0.3, -0.25) is 4.79 Å². The van der Waals surface area contributed by atoms with E-state index < -0.39 is 0 Å². The minimum atomic E-state index is -0.281. The number of carbonyl (C=O) groups is 2. The molecule has 0 spiro atoms.